The van der Waals surface area contributed by atoms with Gasteiger partial charge >= 0.3 is 0 Å². The average molecular weight is 530 g/mol. The van der Waals surface area contributed by atoms with Gasteiger partial charge in [0.25, 0.3) is 0 Å². The molecule has 0 radical (unpaired) electrons. The van der Waals surface area contributed by atoms with E-state index in [9.17, 15) is 26.8 Å². The summed E-state index contributed by atoms with van der Waals surface area (Å²) in [7, 11) is -4.06. The van der Waals surface area contributed by atoms with E-state index in [1.165, 1.54) is 4.90 Å². The third kappa shape index (κ3) is 7.90. The monoisotopic (exact) mass is 529 g/mol. The van der Waals surface area contributed by atoms with Gasteiger partial charge in [0.2, 0.25) is 21.8 Å². The van der Waals surface area contributed by atoms with Gasteiger partial charge in [-0.05, 0) is 36.6 Å². The second-order valence-electron chi connectivity index (χ2n) is 8.05. The molecule has 2 rings (SSSR count). The molecule has 192 valence electrons. The van der Waals surface area contributed by atoms with Crippen molar-refractivity contribution in [2.24, 2.45) is 0 Å². The number of rotatable bonds is 12. The Hall–Kier alpha value is -2.72. The van der Waals surface area contributed by atoms with Gasteiger partial charge in [-0.1, -0.05) is 50.1 Å². The lowest BCUT2D eigenvalue weighted by molar-refractivity contribution is -0.140. The molecular weight excluding hydrogens is 500 g/mol. The van der Waals surface area contributed by atoms with Crippen molar-refractivity contribution in [2.75, 3.05) is 23.7 Å². The Morgan fingerprint density at radius 3 is 2.34 bits per heavy atom. The van der Waals surface area contributed by atoms with Crippen molar-refractivity contribution in [3.8, 4) is 0 Å². The van der Waals surface area contributed by atoms with Gasteiger partial charge in [0.1, 0.15) is 12.6 Å². The van der Waals surface area contributed by atoms with Crippen LogP contribution in [0.15, 0.2) is 42.5 Å². The zero-order valence-electron chi connectivity index (χ0n) is 19.9. The lowest BCUT2D eigenvalue weighted by Gasteiger charge is -2.33. The minimum absolute atomic E-state index is 0.0480. The van der Waals surface area contributed by atoms with Crippen molar-refractivity contribution in [1.82, 2.24) is 10.2 Å². The van der Waals surface area contributed by atoms with E-state index in [1.54, 1.807) is 31.2 Å². The zero-order chi connectivity index (χ0) is 26.2. The van der Waals surface area contributed by atoms with Crippen molar-refractivity contribution in [3.63, 3.8) is 0 Å². The number of carbonyl (C=O) groups is 2. The van der Waals surface area contributed by atoms with Crippen LogP contribution in [0.1, 0.15) is 38.7 Å². The molecule has 0 heterocycles. The summed E-state index contributed by atoms with van der Waals surface area (Å²) in [5.41, 5.74) is 0.360. The SMILES string of the molecule is CCCCNC(=O)C(CC)N(Cc1ccccc1Cl)C(=O)CN(c1ccc(F)c(F)c1)S(C)(=O)=O. The molecule has 0 bridgehead atoms. The molecule has 11 heteroatoms. The van der Waals surface area contributed by atoms with Crippen molar-refractivity contribution in [3.05, 3.63) is 64.7 Å². The molecule has 0 saturated carbocycles. The quantitative estimate of drug-likeness (QED) is 0.419. The van der Waals surface area contributed by atoms with Crippen LogP contribution in [-0.4, -0.2) is 50.5 Å². The fraction of sp³-hybridized carbons (Fsp3) is 0.417. The first kappa shape index (κ1) is 28.5. The van der Waals surface area contributed by atoms with Crippen LogP contribution in [0.2, 0.25) is 5.02 Å². The second kappa shape index (κ2) is 12.8. The standard InChI is InChI=1S/C24H30ClF2N3O4S/c1-4-6-13-28-24(32)22(5-2)29(15-17-9-7-8-10-19(17)25)23(31)16-30(35(3,33)34)18-11-12-20(26)21(27)14-18/h7-12,14,22H,4-6,13,15-16H2,1-3H3,(H,28,32). The number of unbranched alkanes of at least 4 members (excludes halogenated alkanes) is 1. The van der Waals surface area contributed by atoms with Crippen LogP contribution in [0, 0.1) is 11.6 Å². The lowest BCUT2D eigenvalue weighted by Crippen LogP contribution is -2.52. The summed E-state index contributed by atoms with van der Waals surface area (Å²) >= 11 is 6.29. The third-order valence-electron chi connectivity index (χ3n) is 5.38. The minimum Gasteiger partial charge on any atom is -0.354 e. The van der Waals surface area contributed by atoms with Gasteiger partial charge < -0.3 is 10.2 Å². The Kier molecular flexibility index (Phi) is 10.5. The number of benzene rings is 2. The van der Waals surface area contributed by atoms with Crippen LogP contribution in [0.3, 0.4) is 0 Å². The van der Waals surface area contributed by atoms with E-state index in [1.807, 2.05) is 6.92 Å². The van der Waals surface area contributed by atoms with Crippen LogP contribution < -0.4 is 9.62 Å². The average Bonchev–Trinajstić information content (AvgIpc) is 2.79. The first-order valence-corrected chi connectivity index (χ1v) is 13.5. The molecule has 0 aliphatic carbocycles. The van der Waals surface area contributed by atoms with Crippen LogP contribution in [0.5, 0.6) is 0 Å². The van der Waals surface area contributed by atoms with Crippen LogP contribution in [0.25, 0.3) is 0 Å². The van der Waals surface area contributed by atoms with Gasteiger partial charge in [0.05, 0.1) is 11.9 Å². The normalized spacial score (nSPS) is 12.2. The maximum atomic E-state index is 13.8. The van der Waals surface area contributed by atoms with E-state index in [4.69, 9.17) is 11.6 Å². The van der Waals surface area contributed by atoms with E-state index >= 15 is 0 Å². The molecule has 2 aromatic carbocycles. The maximum absolute atomic E-state index is 13.8. The molecular formula is C24H30ClF2N3O4S. The highest BCUT2D eigenvalue weighted by Crippen LogP contribution is 2.23. The Balaban J connectivity index is 2.43. The number of anilines is 1. The molecule has 0 aromatic heterocycles. The predicted octanol–water partition coefficient (Wildman–Crippen LogP) is 4.11. The molecule has 35 heavy (non-hydrogen) atoms. The van der Waals surface area contributed by atoms with Crippen LogP contribution in [0.4, 0.5) is 14.5 Å². The topological polar surface area (TPSA) is 86.8 Å². The minimum atomic E-state index is -4.06. The number of carbonyl (C=O) groups excluding carboxylic acids is 2. The molecule has 0 spiro atoms. The van der Waals surface area contributed by atoms with E-state index in [0.29, 0.717) is 27.5 Å². The van der Waals surface area contributed by atoms with Crippen molar-refractivity contribution < 1.29 is 26.8 Å². The van der Waals surface area contributed by atoms with E-state index in [2.05, 4.69) is 5.32 Å². The van der Waals surface area contributed by atoms with Gasteiger partial charge in [-0.2, -0.15) is 0 Å². The molecule has 1 atom stereocenters. The Labute approximate surface area is 210 Å². The van der Waals surface area contributed by atoms with E-state index in [0.717, 1.165) is 31.2 Å². The van der Waals surface area contributed by atoms with Crippen LogP contribution in [-0.2, 0) is 26.2 Å². The largest absolute Gasteiger partial charge is 0.354 e. The van der Waals surface area contributed by atoms with Gasteiger partial charge in [-0.25, -0.2) is 17.2 Å². The zero-order valence-corrected chi connectivity index (χ0v) is 21.5. The first-order chi connectivity index (χ1) is 16.5. The van der Waals surface area contributed by atoms with E-state index in [-0.39, 0.29) is 24.6 Å². The smallest absolute Gasteiger partial charge is 0.244 e. The van der Waals surface area contributed by atoms with Crippen LogP contribution >= 0.6 is 11.6 Å². The molecule has 2 aromatic rings. The predicted molar refractivity (Wildman–Crippen MR) is 133 cm³/mol. The highest BCUT2D eigenvalue weighted by atomic mass is 35.5. The van der Waals surface area contributed by atoms with Gasteiger partial charge in [-0.15, -0.1) is 0 Å². The fourth-order valence-electron chi connectivity index (χ4n) is 3.49. The molecule has 1 unspecified atom stereocenters. The molecule has 0 aliphatic heterocycles. The summed E-state index contributed by atoms with van der Waals surface area (Å²) in [5.74, 6) is -3.47. The number of halogens is 3. The highest BCUT2D eigenvalue weighted by Gasteiger charge is 2.32. The maximum Gasteiger partial charge on any atom is 0.244 e. The molecule has 0 saturated heterocycles. The molecule has 0 aliphatic rings. The second-order valence-corrected chi connectivity index (χ2v) is 10.4. The third-order valence-corrected chi connectivity index (χ3v) is 6.89. The number of nitrogens with one attached hydrogen (secondary N) is 1. The Bertz CT molecular complexity index is 1150. The summed E-state index contributed by atoms with van der Waals surface area (Å²) in [6.45, 7) is 3.39. The number of sulfonamides is 1. The Morgan fingerprint density at radius 1 is 1.09 bits per heavy atom. The summed E-state index contributed by atoms with van der Waals surface area (Å²) in [6, 6.07) is 8.46. The van der Waals surface area contributed by atoms with Crippen molar-refractivity contribution in [2.45, 2.75) is 45.7 Å². The number of hydrogen-bond acceptors (Lipinski definition) is 4. The van der Waals surface area contributed by atoms with Crippen molar-refractivity contribution >= 4 is 39.1 Å². The van der Waals surface area contributed by atoms with Crippen molar-refractivity contribution in [1.29, 1.82) is 0 Å². The number of hydrogen-bond donors (Lipinski definition) is 1. The van der Waals surface area contributed by atoms with Gasteiger partial charge in [0, 0.05) is 24.2 Å². The van der Waals surface area contributed by atoms with Gasteiger partial charge in [-0.3, -0.25) is 13.9 Å². The fourth-order valence-corrected chi connectivity index (χ4v) is 4.53. The first-order valence-electron chi connectivity index (χ1n) is 11.2. The lowest BCUT2D eigenvalue weighted by atomic mass is 10.1. The Morgan fingerprint density at radius 2 is 1.77 bits per heavy atom. The summed E-state index contributed by atoms with van der Waals surface area (Å²) < 4.78 is 52.9. The molecule has 7 nitrogen and oxygen atoms in total. The van der Waals surface area contributed by atoms with Gasteiger partial charge in [0.15, 0.2) is 11.6 Å². The highest BCUT2D eigenvalue weighted by molar-refractivity contribution is 7.92. The molecule has 2 amide bonds. The summed E-state index contributed by atoms with van der Waals surface area (Å²) in [5, 5.41) is 3.19. The molecule has 1 N–H and O–H groups in total. The van der Waals surface area contributed by atoms with E-state index < -0.39 is 40.2 Å². The number of nitrogens with zero attached hydrogens (tertiary/aromatic N) is 2. The number of amides is 2. The summed E-state index contributed by atoms with van der Waals surface area (Å²) in [6.07, 6.45) is 2.75. The summed E-state index contributed by atoms with van der Waals surface area (Å²) in [4.78, 5) is 27.7. The molecule has 0 fully saturated rings.